The Morgan fingerprint density at radius 1 is 1.41 bits per heavy atom. The molecule has 1 saturated heterocycles. The van der Waals surface area contributed by atoms with Gasteiger partial charge >= 0.3 is 0 Å². The zero-order chi connectivity index (χ0) is 15.5. The maximum absolute atomic E-state index is 12.6. The summed E-state index contributed by atoms with van der Waals surface area (Å²) in [5.41, 5.74) is 2.15. The molecule has 0 saturated carbocycles. The van der Waals surface area contributed by atoms with Crippen LogP contribution in [-0.2, 0) is 7.05 Å². The highest BCUT2D eigenvalue weighted by atomic mass is 16.2. The van der Waals surface area contributed by atoms with Crippen LogP contribution in [-0.4, -0.2) is 33.7 Å². The molecule has 112 valence electrons. The molecule has 1 amide bonds. The van der Waals surface area contributed by atoms with Gasteiger partial charge in [0.2, 0.25) is 0 Å². The van der Waals surface area contributed by atoms with Crippen LogP contribution in [0, 0.1) is 11.3 Å². The Labute approximate surface area is 129 Å². The van der Waals surface area contributed by atoms with Crippen molar-refractivity contribution in [2.24, 2.45) is 7.05 Å². The van der Waals surface area contributed by atoms with Crippen LogP contribution in [0.3, 0.4) is 0 Å². The molecule has 0 spiro atoms. The van der Waals surface area contributed by atoms with Crippen LogP contribution in [0.25, 0.3) is 0 Å². The Bertz CT molecular complexity index is 728. The maximum atomic E-state index is 12.6. The molecule has 22 heavy (non-hydrogen) atoms. The van der Waals surface area contributed by atoms with E-state index in [-0.39, 0.29) is 11.8 Å². The van der Waals surface area contributed by atoms with Crippen molar-refractivity contribution in [3.05, 3.63) is 53.3 Å². The highest BCUT2D eigenvalue weighted by Gasteiger charge is 2.26. The van der Waals surface area contributed by atoms with Gasteiger partial charge in [0.15, 0.2) is 0 Å². The molecule has 5 heteroatoms. The van der Waals surface area contributed by atoms with E-state index in [0.717, 1.165) is 25.1 Å². The lowest BCUT2D eigenvalue weighted by Crippen LogP contribution is -2.39. The number of amides is 1. The van der Waals surface area contributed by atoms with E-state index < -0.39 is 0 Å². The molecule has 1 unspecified atom stereocenters. The van der Waals surface area contributed by atoms with E-state index in [1.54, 1.807) is 28.9 Å². The van der Waals surface area contributed by atoms with Gasteiger partial charge < -0.3 is 4.90 Å². The number of nitrogens with zero attached hydrogens (tertiary/aromatic N) is 4. The van der Waals surface area contributed by atoms with E-state index in [4.69, 9.17) is 5.26 Å². The van der Waals surface area contributed by atoms with Crippen LogP contribution in [0.2, 0.25) is 0 Å². The third-order valence-electron chi connectivity index (χ3n) is 4.10. The average Bonchev–Trinajstić information content (AvgIpc) is 3.01. The summed E-state index contributed by atoms with van der Waals surface area (Å²) in [7, 11) is 1.91. The van der Waals surface area contributed by atoms with Crippen LogP contribution in [0.5, 0.6) is 0 Å². The first kappa shape index (κ1) is 14.3. The van der Waals surface area contributed by atoms with Crippen molar-refractivity contribution in [3.63, 3.8) is 0 Å². The second-order valence-corrected chi connectivity index (χ2v) is 5.70. The third kappa shape index (κ3) is 2.86. The number of aryl methyl sites for hydroxylation is 1. The third-order valence-corrected chi connectivity index (χ3v) is 4.10. The van der Waals surface area contributed by atoms with Crippen molar-refractivity contribution in [3.8, 4) is 6.07 Å². The van der Waals surface area contributed by atoms with E-state index in [0.29, 0.717) is 17.7 Å². The standard InChI is InChI=1S/C17H18N4O/c1-20-9-7-16(19-20)15-6-3-8-21(12-15)17(22)14-5-2-4-13(10-14)11-18/h2,4-5,7,9-10,15H,3,6,8,12H2,1H3. The van der Waals surface area contributed by atoms with Gasteiger partial charge in [-0.25, -0.2) is 0 Å². The second-order valence-electron chi connectivity index (χ2n) is 5.70. The number of aromatic nitrogens is 2. The normalized spacial score (nSPS) is 18.0. The zero-order valence-electron chi connectivity index (χ0n) is 12.6. The van der Waals surface area contributed by atoms with Crippen LogP contribution in [0.4, 0.5) is 0 Å². The minimum Gasteiger partial charge on any atom is -0.338 e. The Kier molecular flexibility index (Phi) is 3.92. The van der Waals surface area contributed by atoms with Crippen LogP contribution < -0.4 is 0 Å². The average molecular weight is 294 g/mol. The SMILES string of the molecule is Cn1ccc(C2CCCN(C(=O)c3cccc(C#N)c3)C2)n1. The molecule has 1 aliphatic heterocycles. The molecular formula is C17H18N4O. The minimum absolute atomic E-state index is 0.00210. The van der Waals surface area contributed by atoms with Gasteiger partial charge in [-0.05, 0) is 37.1 Å². The lowest BCUT2D eigenvalue weighted by Gasteiger charge is -2.32. The summed E-state index contributed by atoms with van der Waals surface area (Å²) in [6.07, 6.45) is 3.97. The number of likely N-dealkylation sites (tertiary alicyclic amines) is 1. The number of rotatable bonds is 2. The number of benzene rings is 1. The molecule has 0 radical (unpaired) electrons. The zero-order valence-corrected chi connectivity index (χ0v) is 12.6. The molecule has 2 heterocycles. The fourth-order valence-corrected chi connectivity index (χ4v) is 2.96. The second kappa shape index (κ2) is 6.02. The molecule has 1 aromatic carbocycles. The predicted octanol–water partition coefficient (Wildman–Crippen LogP) is 2.31. The fourth-order valence-electron chi connectivity index (χ4n) is 2.96. The first-order valence-corrected chi connectivity index (χ1v) is 7.46. The smallest absolute Gasteiger partial charge is 0.253 e. The maximum Gasteiger partial charge on any atom is 0.253 e. The number of nitriles is 1. The van der Waals surface area contributed by atoms with Crippen molar-refractivity contribution in [1.29, 1.82) is 5.26 Å². The van der Waals surface area contributed by atoms with E-state index in [2.05, 4.69) is 11.2 Å². The molecule has 3 rings (SSSR count). The van der Waals surface area contributed by atoms with E-state index in [1.165, 1.54) is 0 Å². The Morgan fingerprint density at radius 3 is 3.00 bits per heavy atom. The Morgan fingerprint density at radius 2 is 2.27 bits per heavy atom. The molecule has 0 N–H and O–H groups in total. The number of carbonyl (C=O) groups is 1. The van der Waals surface area contributed by atoms with Gasteiger partial charge in [0.25, 0.3) is 5.91 Å². The number of hydrogen-bond donors (Lipinski definition) is 0. The number of hydrogen-bond acceptors (Lipinski definition) is 3. The minimum atomic E-state index is -0.00210. The van der Waals surface area contributed by atoms with Gasteiger partial charge in [0, 0.05) is 37.8 Å². The summed E-state index contributed by atoms with van der Waals surface area (Å²) in [5, 5.41) is 13.4. The summed E-state index contributed by atoms with van der Waals surface area (Å²) in [6.45, 7) is 1.45. The molecule has 2 aromatic rings. The quantitative estimate of drug-likeness (QED) is 0.854. The molecule has 1 aliphatic rings. The monoisotopic (exact) mass is 294 g/mol. The molecule has 1 atom stereocenters. The van der Waals surface area contributed by atoms with Gasteiger partial charge in [-0.2, -0.15) is 10.4 Å². The number of piperidine rings is 1. The lowest BCUT2D eigenvalue weighted by atomic mass is 9.94. The summed E-state index contributed by atoms with van der Waals surface area (Å²) in [5.74, 6) is 0.288. The van der Waals surface area contributed by atoms with Crippen LogP contribution in [0.1, 0.15) is 40.4 Å². The van der Waals surface area contributed by atoms with Gasteiger partial charge in [0.1, 0.15) is 0 Å². The number of carbonyl (C=O) groups excluding carboxylic acids is 1. The molecule has 0 aliphatic carbocycles. The first-order valence-electron chi connectivity index (χ1n) is 7.46. The topological polar surface area (TPSA) is 61.9 Å². The van der Waals surface area contributed by atoms with Crippen molar-refractivity contribution in [1.82, 2.24) is 14.7 Å². The van der Waals surface area contributed by atoms with Crippen molar-refractivity contribution >= 4 is 5.91 Å². The highest BCUT2D eigenvalue weighted by molar-refractivity contribution is 5.94. The van der Waals surface area contributed by atoms with Gasteiger partial charge in [-0.15, -0.1) is 0 Å². The Hall–Kier alpha value is -2.61. The van der Waals surface area contributed by atoms with Crippen LogP contribution in [0.15, 0.2) is 36.5 Å². The summed E-state index contributed by atoms with van der Waals surface area (Å²) < 4.78 is 1.80. The van der Waals surface area contributed by atoms with E-state index in [9.17, 15) is 4.79 Å². The molecular weight excluding hydrogens is 276 g/mol. The van der Waals surface area contributed by atoms with E-state index >= 15 is 0 Å². The lowest BCUT2D eigenvalue weighted by molar-refractivity contribution is 0.0705. The molecule has 5 nitrogen and oxygen atoms in total. The highest BCUT2D eigenvalue weighted by Crippen LogP contribution is 2.26. The van der Waals surface area contributed by atoms with Gasteiger partial charge in [-0.3, -0.25) is 9.48 Å². The fraction of sp³-hybridized carbons (Fsp3) is 0.353. The predicted molar refractivity (Wildman–Crippen MR) is 82.2 cm³/mol. The van der Waals surface area contributed by atoms with Crippen molar-refractivity contribution < 1.29 is 4.79 Å². The molecule has 1 fully saturated rings. The van der Waals surface area contributed by atoms with Crippen LogP contribution >= 0.6 is 0 Å². The van der Waals surface area contributed by atoms with E-state index in [1.807, 2.05) is 24.2 Å². The van der Waals surface area contributed by atoms with Crippen molar-refractivity contribution in [2.45, 2.75) is 18.8 Å². The first-order chi connectivity index (χ1) is 10.7. The van der Waals surface area contributed by atoms with Gasteiger partial charge in [-0.1, -0.05) is 6.07 Å². The van der Waals surface area contributed by atoms with Crippen molar-refractivity contribution in [2.75, 3.05) is 13.1 Å². The molecule has 0 bridgehead atoms. The Balaban J connectivity index is 1.76. The summed E-state index contributed by atoms with van der Waals surface area (Å²) in [6, 6.07) is 11.0. The summed E-state index contributed by atoms with van der Waals surface area (Å²) in [4.78, 5) is 14.5. The summed E-state index contributed by atoms with van der Waals surface area (Å²) >= 11 is 0. The van der Waals surface area contributed by atoms with Gasteiger partial charge in [0.05, 0.1) is 17.3 Å². The largest absolute Gasteiger partial charge is 0.338 e. The molecule has 1 aromatic heterocycles.